The smallest absolute Gasteiger partial charge is 0.191 e. The number of nitrogens with zero attached hydrogens (tertiary/aromatic N) is 1. The van der Waals surface area contributed by atoms with Gasteiger partial charge in [0.15, 0.2) is 17.5 Å². The molecule has 0 saturated heterocycles. The molecule has 0 aromatic heterocycles. The molecule has 6 nitrogen and oxygen atoms in total. The minimum absolute atomic E-state index is 0. The van der Waals surface area contributed by atoms with Crippen LogP contribution < -0.4 is 24.8 Å². The van der Waals surface area contributed by atoms with Crippen LogP contribution in [0.4, 0.5) is 0 Å². The van der Waals surface area contributed by atoms with Gasteiger partial charge in [-0.25, -0.2) is 0 Å². The topological polar surface area (TPSA) is 64.1 Å². The molecule has 0 fully saturated rings. The third kappa shape index (κ3) is 6.72. The maximum absolute atomic E-state index is 5.42. The van der Waals surface area contributed by atoms with Crippen molar-refractivity contribution in [1.82, 2.24) is 10.6 Å². The summed E-state index contributed by atoms with van der Waals surface area (Å²) >= 11 is 0. The van der Waals surface area contributed by atoms with E-state index < -0.39 is 0 Å². The van der Waals surface area contributed by atoms with E-state index in [-0.39, 0.29) is 24.0 Å². The highest BCUT2D eigenvalue weighted by molar-refractivity contribution is 14.0. The van der Waals surface area contributed by atoms with Gasteiger partial charge in [0.1, 0.15) is 5.75 Å². The van der Waals surface area contributed by atoms with Crippen molar-refractivity contribution in [3.8, 4) is 17.2 Å². The Bertz CT molecular complexity index is 508. The highest BCUT2D eigenvalue weighted by Crippen LogP contribution is 2.34. The first kappa shape index (κ1) is 21.6. The van der Waals surface area contributed by atoms with Crippen molar-refractivity contribution in [2.75, 3.05) is 34.9 Å². The SMILES string of the molecule is CN=C(NCc1cc(OC)c(OC)cc1OC)NCC(C)C.I. The average Bonchev–Trinajstić information content (AvgIpc) is 2.53. The van der Waals surface area contributed by atoms with Crippen LogP contribution in [0.2, 0.25) is 0 Å². The van der Waals surface area contributed by atoms with Crippen LogP contribution in [0.15, 0.2) is 17.1 Å². The summed E-state index contributed by atoms with van der Waals surface area (Å²) in [6.45, 7) is 5.74. The number of ether oxygens (including phenoxy) is 3. The number of aliphatic imine (C=N–C) groups is 1. The zero-order chi connectivity index (χ0) is 16.5. The van der Waals surface area contributed by atoms with E-state index in [0.29, 0.717) is 24.0 Å². The van der Waals surface area contributed by atoms with Crippen LogP contribution in [0.25, 0.3) is 0 Å². The molecule has 1 rings (SSSR count). The molecule has 7 heteroatoms. The summed E-state index contributed by atoms with van der Waals surface area (Å²) < 4.78 is 16.0. The number of benzene rings is 1. The third-order valence-electron chi connectivity index (χ3n) is 3.13. The Kier molecular flexibility index (Phi) is 10.5. The lowest BCUT2D eigenvalue weighted by Crippen LogP contribution is -2.38. The standard InChI is InChI=1S/C16H27N3O3.HI/c1-11(2)9-18-16(17-3)19-10-12-7-14(21-5)15(22-6)8-13(12)20-4;/h7-8,11H,9-10H2,1-6H3,(H2,17,18,19);1H. The van der Waals surface area contributed by atoms with Gasteiger partial charge in [0.05, 0.1) is 21.3 Å². The number of hydrogen-bond acceptors (Lipinski definition) is 4. The second-order valence-electron chi connectivity index (χ2n) is 5.22. The van der Waals surface area contributed by atoms with Crippen LogP contribution in [0, 0.1) is 5.92 Å². The Morgan fingerprint density at radius 2 is 1.57 bits per heavy atom. The van der Waals surface area contributed by atoms with Gasteiger partial charge in [0.2, 0.25) is 0 Å². The van der Waals surface area contributed by atoms with Crippen molar-refractivity contribution in [2.45, 2.75) is 20.4 Å². The van der Waals surface area contributed by atoms with Crippen molar-refractivity contribution in [2.24, 2.45) is 10.9 Å². The van der Waals surface area contributed by atoms with Gasteiger partial charge in [-0.05, 0) is 12.0 Å². The highest BCUT2D eigenvalue weighted by Gasteiger charge is 2.12. The maximum atomic E-state index is 5.42. The van der Waals surface area contributed by atoms with Gasteiger partial charge < -0.3 is 24.8 Å². The largest absolute Gasteiger partial charge is 0.496 e. The minimum atomic E-state index is 0. The number of hydrogen-bond donors (Lipinski definition) is 2. The molecule has 0 aliphatic heterocycles. The van der Waals surface area contributed by atoms with Gasteiger partial charge in [-0.2, -0.15) is 0 Å². The van der Waals surface area contributed by atoms with Gasteiger partial charge in [0.25, 0.3) is 0 Å². The van der Waals surface area contributed by atoms with Crippen molar-refractivity contribution in [3.05, 3.63) is 17.7 Å². The van der Waals surface area contributed by atoms with Gasteiger partial charge in [-0.15, -0.1) is 24.0 Å². The predicted octanol–water partition coefficient (Wildman–Crippen LogP) is 2.65. The van der Waals surface area contributed by atoms with E-state index in [9.17, 15) is 0 Å². The van der Waals surface area contributed by atoms with Crippen LogP contribution in [-0.4, -0.2) is 40.9 Å². The Morgan fingerprint density at radius 1 is 1.00 bits per heavy atom. The monoisotopic (exact) mass is 437 g/mol. The zero-order valence-electron chi connectivity index (χ0n) is 14.7. The van der Waals surface area contributed by atoms with Gasteiger partial charge >= 0.3 is 0 Å². The quantitative estimate of drug-likeness (QED) is 0.390. The molecule has 0 bridgehead atoms. The van der Waals surface area contributed by atoms with E-state index in [1.165, 1.54) is 0 Å². The summed E-state index contributed by atoms with van der Waals surface area (Å²) in [4.78, 5) is 4.20. The zero-order valence-corrected chi connectivity index (χ0v) is 17.1. The molecule has 23 heavy (non-hydrogen) atoms. The van der Waals surface area contributed by atoms with Crippen molar-refractivity contribution >= 4 is 29.9 Å². The van der Waals surface area contributed by atoms with Crippen LogP contribution >= 0.6 is 24.0 Å². The molecule has 1 aromatic rings. The first-order valence-electron chi connectivity index (χ1n) is 7.29. The molecule has 0 heterocycles. The van der Waals surface area contributed by atoms with Crippen LogP contribution in [0.1, 0.15) is 19.4 Å². The van der Waals surface area contributed by atoms with E-state index in [1.807, 2.05) is 12.1 Å². The number of rotatable bonds is 7. The first-order chi connectivity index (χ1) is 10.5. The number of methoxy groups -OCH3 is 3. The lowest BCUT2D eigenvalue weighted by molar-refractivity contribution is 0.347. The molecular formula is C16H28IN3O3. The van der Waals surface area contributed by atoms with Crippen LogP contribution in [-0.2, 0) is 6.54 Å². The van der Waals surface area contributed by atoms with E-state index in [1.54, 1.807) is 28.4 Å². The summed E-state index contributed by atoms with van der Waals surface area (Å²) in [5.74, 6) is 3.36. The van der Waals surface area contributed by atoms with E-state index in [0.717, 1.165) is 23.8 Å². The fraction of sp³-hybridized carbons (Fsp3) is 0.562. The molecule has 0 saturated carbocycles. The van der Waals surface area contributed by atoms with Crippen molar-refractivity contribution in [1.29, 1.82) is 0 Å². The Balaban J connectivity index is 0.00000484. The normalized spacial score (nSPS) is 10.8. The summed E-state index contributed by atoms with van der Waals surface area (Å²) in [6, 6.07) is 3.72. The lowest BCUT2D eigenvalue weighted by atomic mass is 10.1. The fourth-order valence-corrected chi connectivity index (χ4v) is 1.93. The summed E-state index contributed by atoms with van der Waals surface area (Å²) in [6.07, 6.45) is 0. The highest BCUT2D eigenvalue weighted by atomic mass is 127. The average molecular weight is 437 g/mol. The molecule has 132 valence electrons. The molecule has 0 radical (unpaired) electrons. The summed E-state index contributed by atoms with van der Waals surface area (Å²) in [5.41, 5.74) is 0.965. The molecule has 0 aliphatic rings. The Hall–Kier alpha value is -1.38. The van der Waals surface area contributed by atoms with Gasteiger partial charge in [0, 0.05) is 31.8 Å². The van der Waals surface area contributed by atoms with Crippen molar-refractivity contribution in [3.63, 3.8) is 0 Å². The fourth-order valence-electron chi connectivity index (χ4n) is 1.93. The minimum Gasteiger partial charge on any atom is -0.496 e. The number of nitrogens with one attached hydrogen (secondary N) is 2. The Morgan fingerprint density at radius 3 is 2.04 bits per heavy atom. The number of halogens is 1. The molecule has 0 atom stereocenters. The van der Waals surface area contributed by atoms with Gasteiger partial charge in [-0.1, -0.05) is 13.8 Å². The molecule has 0 amide bonds. The third-order valence-corrected chi connectivity index (χ3v) is 3.13. The first-order valence-corrected chi connectivity index (χ1v) is 7.29. The molecule has 0 unspecified atom stereocenters. The maximum Gasteiger partial charge on any atom is 0.191 e. The summed E-state index contributed by atoms with van der Waals surface area (Å²) in [7, 11) is 6.61. The second-order valence-corrected chi connectivity index (χ2v) is 5.22. The number of guanidine groups is 1. The summed E-state index contributed by atoms with van der Waals surface area (Å²) in [5, 5.41) is 6.54. The van der Waals surface area contributed by atoms with Crippen LogP contribution in [0.5, 0.6) is 17.2 Å². The van der Waals surface area contributed by atoms with Crippen molar-refractivity contribution < 1.29 is 14.2 Å². The van der Waals surface area contributed by atoms with Gasteiger partial charge in [-0.3, -0.25) is 4.99 Å². The van der Waals surface area contributed by atoms with Crippen LogP contribution in [0.3, 0.4) is 0 Å². The van der Waals surface area contributed by atoms with E-state index in [4.69, 9.17) is 14.2 Å². The Labute approximate surface area is 156 Å². The lowest BCUT2D eigenvalue weighted by Gasteiger charge is -2.17. The van der Waals surface area contributed by atoms with E-state index >= 15 is 0 Å². The van der Waals surface area contributed by atoms with E-state index in [2.05, 4.69) is 29.5 Å². The molecule has 0 spiro atoms. The molecule has 0 aliphatic carbocycles. The predicted molar refractivity (Wildman–Crippen MR) is 105 cm³/mol. The molecule has 2 N–H and O–H groups in total. The molecule has 1 aromatic carbocycles. The second kappa shape index (κ2) is 11.2. The molecular weight excluding hydrogens is 409 g/mol.